The summed E-state index contributed by atoms with van der Waals surface area (Å²) >= 11 is 0. The van der Waals surface area contributed by atoms with E-state index in [1.54, 1.807) is 0 Å². The van der Waals surface area contributed by atoms with E-state index >= 15 is 0 Å². The van der Waals surface area contributed by atoms with Crippen molar-refractivity contribution < 1.29 is 32.9 Å². The fourth-order valence-electron chi connectivity index (χ4n) is 2.29. The molecule has 1 heterocycles. The molecular formula is C17H12F2O5. The minimum absolute atomic E-state index is 0.0158. The molecule has 0 fully saturated rings. The number of ether oxygens (including phenoxy) is 3. The number of allylic oxidation sites excluding steroid dienone is 1. The van der Waals surface area contributed by atoms with Gasteiger partial charge in [0.1, 0.15) is 11.5 Å². The number of rotatable bonds is 4. The molecule has 124 valence electrons. The fourth-order valence-corrected chi connectivity index (χ4v) is 2.29. The molecule has 2 aromatic carbocycles. The number of benzene rings is 2. The molecule has 1 aliphatic rings. The van der Waals surface area contributed by atoms with Gasteiger partial charge in [0.2, 0.25) is 5.78 Å². The molecule has 0 aliphatic carbocycles. The van der Waals surface area contributed by atoms with Crippen molar-refractivity contribution in [1.29, 1.82) is 0 Å². The third-order valence-corrected chi connectivity index (χ3v) is 3.36. The summed E-state index contributed by atoms with van der Waals surface area (Å²) < 4.78 is 39.4. The smallest absolute Gasteiger partial charge is 0.387 e. The van der Waals surface area contributed by atoms with Crippen molar-refractivity contribution in [3.05, 3.63) is 53.3 Å². The molecular weight excluding hydrogens is 322 g/mol. The lowest BCUT2D eigenvalue weighted by atomic mass is 10.1. The third-order valence-electron chi connectivity index (χ3n) is 3.36. The number of alkyl halides is 2. The monoisotopic (exact) mass is 334 g/mol. The lowest BCUT2D eigenvalue weighted by molar-refractivity contribution is -0.0512. The van der Waals surface area contributed by atoms with Gasteiger partial charge in [-0.25, -0.2) is 0 Å². The zero-order valence-electron chi connectivity index (χ0n) is 12.5. The molecule has 7 heteroatoms. The number of Topliss-reactive ketones (excluding diaryl/α,β-unsaturated/α-hetero) is 1. The summed E-state index contributed by atoms with van der Waals surface area (Å²) in [5, 5.41) is 9.43. The Kier molecular flexibility index (Phi) is 4.07. The Hall–Kier alpha value is -3.09. The van der Waals surface area contributed by atoms with Crippen LogP contribution in [0.15, 0.2) is 42.2 Å². The molecule has 2 aromatic rings. The van der Waals surface area contributed by atoms with E-state index in [9.17, 15) is 18.7 Å². The van der Waals surface area contributed by atoms with Crippen LogP contribution >= 0.6 is 0 Å². The molecule has 24 heavy (non-hydrogen) atoms. The highest BCUT2D eigenvalue weighted by molar-refractivity contribution is 6.14. The van der Waals surface area contributed by atoms with E-state index in [1.807, 2.05) is 0 Å². The van der Waals surface area contributed by atoms with Crippen molar-refractivity contribution in [2.45, 2.75) is 6.61 Å². The van der Waals surface area contributed by atoms with E-state index in [0.29, 0.717) is 11.1 Å². The SMILES string of the molecule is COc1cc(/C=C2\Oc3cc(O)ccc3C2=O)ccc1OC(F)F. The molecule has 0 saturated heterocycles. The topological polar surface area (TPSA) is 65.0 Å². The summed E-state index contributed by atoms with van der Waals surface area (Å²) in [7, 11) is 1.32. The van der Waals surface area contributed by atoms with Gasteiger partial charge in [0, 0.05) is 6.07 Å². The van der Waals surface area contributed by atoms with Crippen LogP contribution in [0.4, 0.5) is 8.78 Å². The fraction of sp³-hybridized carbons (Fsp3) is 0.118. The number of phenolic OH excluding ortho intramolecular Hbond substituents is 1. The number of halogens is 2. The van der Waals surface area contributed by atoms with Gasteiger partial charge in [-0.1, -0.05) is 6.07 Å². The molecule has 0 amide bonds. The number of hydrogen-bond donors (Lipinski definition) is 1. The first kappa shape index (κ1) is 15.8. The normalized spacial score (nSPS) is 14.7. The number of phenols is 1. The average Bonchev–Trinajstić information content (AvgIpc) is 2.83. The lowest BCUT2D eigenvalue weighted by Gasteiger charge is -2.10. The van der Waals surface area contributed by atoms with Gasteiger partial charge in [-0.2, -0.15) is 8.78 Å². The van der Waals surface area contributed by atoms with Crippen molar-refractivity contribution in [2.24, 2.45) is 0 Å². The van der Waals surface area contributed by atoms with Gasteiger partial charge in [0.25, 0.3) is 0 Å². The first-order chi connectivity index (χ1) is 11.5. The first-order valence-electron chi connectivity index (χ1n) is 6.88. The lowest BCUT2D eigenvalue weighted by Crippen LogP contribution is -2.03. The number of fused-ring (bicyclic) bond motifs is 1. The van der Waals surface area contributed by atoms with Gasteiger partial charge in [0.15, 0.2) is 17.3 Å². The summed E-state index contributed by atoms with van der Waals surface area (Å²) in [6.45, 7) is -2.97. The maximum atomic E-state index is 12.3. The molecule has 0 unspecified atom stereocenters. The highest BCUT2D eigenvalue weighted by Crippen LogP contribution is 2.35. The Balaban J connectivity index is 1.91. The number of carbonyl (C=O) groups is 1. The average molecular weight is 334 g/mol. The van der Waals surface area contributed by atoms with E-state index in [-0.39, 0.29) is 34.5 Å². The second-order valence-corrected chi connectivity index (χ2v) is 4.91. The highest BCUT2D eigenvalue weighted by Gasteiger charge is 2.27. The standard InChI is InChI=1S/C17H12F2O5/c1-22-14-6-9(2-5-12(14)24-17(18)19)7-15-16(21)11-4-3-10(20)8-13(11)23-15/h2-8,17,20H,1H3/b15-7-. The highest BCUT2D eigenvalue weighted by atomic mass is 19.3. The van der Waals surface area contributed by atoms with Crippen LogP contribution in [0.25, 0.3) is 6.08 Å². The zero-order chi connectivity index (χ0) is 17.3. The van der Waals surface area contributed by atoms with Crippen molar-refractivity contribution >= 4 is 11.9 Å². The molecule has 0 spiro atoms. The zero-order valence-corrected chi connectivity index (χ0v) is 12.5. The Labute approximate surface area is 135 Å². The molecule has 1 N–H and O–H groups in total. The predicted molar refractivity (Wildman–Crippen MR) is 80.7 cm³/mol. The van der Waals surface area contributed by atoms with Crippen LogP contribution in [0.1, 0.15) is 15.9 Å². The maximum absolute atomic E-state index is 12.3. The van der Waals surface area contributed by atoms with Crippen LogP contribution in [-0.2, 0) is 0 Å². The Morgan fingerprint density at radius 3 is 2.67 bits per heavy atom. The second-order valence-electron chi connectivity index (χ2n) is 4.91. The van der Waals surface area contributed by atoms with Crippen molar-refractivity contribution in [3.63, 3.8) is 0 Å². The maximum Gasteiger partial charge on any atom is 0.387 e. The van der Waals surface area contributed by atoms with E-state index in [4.69, 9.17) is 9.47 Å². The number of aromatic hydroxyl groups is 1. The molecule has 0 atom stereocenters. The molecule has 5 nitrogen and oxygen atoms in total. The molecule has 1 aliphatic heterocycles. The van der Waals surface area contributed by atoms with Gasteiger partial charge in [0.05, 0.1) is 12.7 Å². The third kappa shape index (κ3) is 3.01. The second kappa shape index (κ2) is 6.19. The Morgan fingerprint density at radius 1 is 1.17 bits per heavy atom. The molecule has 0 saturated carbocycles. The van der Waals surface area contributed by atoms with E-state index in [1.165, 1.54) is 49.6 Å². The van der Waals surface area contributed by atoms with Crippen LogP contribution in [0, 0.1) is 0 Å². The van der Waals surface area contributed by atoms with E-state index in [0.717, 1.165) is 0 Å². The first-order valence-corrected chi connectivity index (χ1v) is 6.88. The van der Waals surface area contributed by atoms with Crippen LogP contribution in [-0.4, -0.2) is 24.6 Å². The van der Waals surface area contributed by atoms with Gasteiger partial charge >= 0.3 is 6.61 Å². The minimum Gasteiger partial charge on any atom is -0.508 e. The van der Waals surface area contributed by atoms with Gasteiger partial charge in [-0.15, -0.1) is 0 Å². The van der Waals surface area contributed by atoms with Crippen LogP contribution in [0.3, 0.4) is 0 Å². The Morgan fingerprint density at radius 2 is 1.96 bits per heavy atom. The summed E-state index contributed by atoms with van der Waals surface area (Å²) in [4.78, 5) is 12.2. The number of ketones is 1. The number of hydrogen-bond acceptors (Lipinski definition) is 5. The van der Waals surface area contributed by atoms with Gasteiger partial charge < -0.3 is 19.3 Å². The summed E-state index contributed by atoms with van der Waals surface area (Å²) in [6, 6.07) is 8.45. The molecule has 3 rings (SSSR count). The quantitative estimate of drug-likeness (QED) is 0.865. The van der Waals surface area contributed by atoms with Crippen molar-refractivity contribution in [1.82, 2.24) is 0 Å². The summed E-state index contributed by atoms with van der Waals surface area (Å²) in [5.41, 5.74) is 0.845. The van der Waals surface area contributed by atoms with Crippen LogP contribution in [0.5, 0.6) is 23.0 Å². The van der Waals surface area contributed by atoms with Gasteiger partial charge in [-0.05, 0) is 35.9 Å². The van der Waals surface area contributed by atoms with Crippen LogP contribution in [0.2, 0.25) is 0 Å². The Bertz CT molecular complexity index is 830. The van der Waals surface area contributed by atoms with Crippen molar-refractivity contribution in [2.75, 3.05) is 7.11 Å². The predicted octanol–water partition coefficient (Wildman–Crippen LogP) is 3.62. The molecule has 0 radical (unpaired) electrons. The molecule has 0 bridgehead atoms. The summed E-state index contributed by atoms with van der Waals surface area (Å²) in [6.07, 6.45) is 1.45. The minimum atomic E-state index is -2.97. The largest absolute Gasteiger partial charge is 0.508 e. The summed E-state index contributed by atoms with van der Waals surface area (Å²) in [5.74, 6) is -0.0438. The van der Waals surface area contributed by atoms with Crippen molar-refractivity contribution in [3.8, 4) is 23.0 Å². The molecule has 0 aromatic heterocycles. The number of methoxy groups -OCH3 is 1. The van der Waals surface area contributed by atoms with E-state index in [2.05, 4.69) is 4.74 Å². The van der Waals surface area contributed by atoms with E-state index < -0.39 is 6.61 Å². The number of carbonyl (C=O) groups excluding carboxylic acids is 1. The van der Waals surface area contributed by atoms with Gasteiger partial charge in [-0.3, -0.25) is 4.79 Å². The van der Waals surface area contributed by atoms with Crippen LogP contribution < -0.4 is 14.2 Å².